The van der Waals surface area contributed by atoms with Crippen molar-refractivity contribution in [3.8, 4) is 0 Å². The number of nitrogens with one attached hydrogen (secondary N) is 1. The quantitative estimate of drug-likeness (QED) is 0.535. The molecule has 0 aromatic rings. The Morgan fingerprint density at radius 1 is 1.22 bits per heavy atom. The van der Waals surface area contributed by atoms with Crippen LogP contribution in [0, 0.1) is 23.2 Å². The molecule has 106 valence electrons. The Morgan fingerprint density at radius 3 is 2.50 bits per heavy atom. The van der Waals surface area contributed by atoms with Crippen molar-refractivity contribution in [3.05, 3.63) is 12.7 Å². The van der Waals surface area contributed by atoms with E-state index in [2.05, 4.69) is 45.7 Å². The lowest BCUT2D eigenvalue weighted by Crippen LogP contribution is -2.36. The Hall–Kier alpha value is -0.300. The third kappa shape index (κ3) is 4.76. The van der Waals surface area contributed by atoms with Crippen molar-refractivity contribution < 1.29 is 0 Å². The molecule has 0 spiro atoms. The lowest BCUT2D eigenvalue weighted by atomic mass is 9.65. The van der Waals surface area contributed by atoms with Crippen LogP contribution in [0.15, 0.2) is 12.7 Å². The summed E-state index contributed by atoms with van der Waals surface area (Å²) >= 11 is 0. The first-order chi connectivity index (χ1) is 8.49. The molecule has 1 saturated carbocycles. The van der Waals surface area contributed by atoms with Gasteiger partial charge >= 0.3 is 0 Å². The van der Waals surface area contributed by atoms with Gasteiger partial charge < -0.3 is 5.32 Å². The molecule has 1 N–H and O–H groups in total. The monoisotopic (exact) mass is 251 g/mol. The van der Waals surface area contributed by atoms with Crippen LogP contribution < -0.4 is 5.32 Å². The first-order valence-corrected chi connectivity index (χ1v) is 7.80. The average Bonchev–Trinajstić information content (AvgIpc) is 2.30. The van der Waals surface area contributed by atoms with E-state index in [4.69, 9.17) is 0 Å². The summed E-state index contributed by atoms with van der Waals surface area (Å²) < 4.78 is 0. The Balaban J connectivity index is 2.52. The topological polar surface area (TPSA) is 12.0 Å². The summed E-state index contributed by atoms with van der Waals surface area (Å²) in [6, 6.07) is 0. The van der Waals surface area contributed by atoms with Gasteiger partial charge in [0, 0.05) is 0 Å². The summed E-state index contributed by atoms with van der Waals surface area (Å²) in [4.78, 5) is 0. The lowest BCUT2D eigenvalue weighted by Gasteiger charge is -2.42. The van der Waals surface area contributed by atoms with E-state index in [9.17, 15) is 0 Å². The summed E-state index contributed by atoms with van der Waals surface area (Å²) in [7, 11) is 0. The van der Waals surface area contributed by atoms with Crippen LogP contribution >= 0.6 is 0 Å². The predicted molar refractivity (Wildman–Crippen MR) is 81.8 cm³/mol. The molecule has 3 atom stereocenters. The molecule has 0 aromatic heterocycles. The molecule has 0 amide bonds. The van der Waals surface area contributed by atoms with E-state index in [0.29, 0.717) is 5.41 Å². The molecular formula is C17H33N. The molecule has 1 heteroatoms. The molecule has 0 saturated heterocycles. The number of hydrogen-bond acceptors (Lipinski definition) is 1. The van der Waals surface area contributed by atoms with Gasteiger partial charge in [-0.1, -0.05) is 33.8 Å². The van der Waals surface area contributed by atoms with Gasteiger partial charge in [0.25, 0.3) is 0 Å². The molecule has 1 aliphatic rings. The Bertz CT molecular complexity index is 238. The average molecular weight is 251 g/mol. The normalized spacial score (nSPS) is 29.2. The van der Waals surface area contributed by atoms with E-state index in [0.717, 1.165) is 17.8 Å². The van der Waals surface area contributed by atoms with Crippen molar-refractivity contribution in [3.63, 3.8) is 0 Å². The molecule has 0 radical (unpaired) electrons. The van der Waals surface area contributed by atoms with E-state index in [1.807, 2.05) is 0 Å². The van der Waals surface area contributed by atoms with Crippen LogP contribution in [0.1, 0.15) is 59.8 Å². The zero-order valence-electron chi connectivity index (χ0n) is 13.0. The molecular weight excluding hydrogens is 218 g/mol. The second kappa shape index (κ2) is 7.33. The van der Waals surface area contributed by atoms with Gasteiger partial charge in [-0.3, -0.25) is 0 Å². The van der Waals surface area contributed by atoms with Gasteiger partial charge in [-0.25, -0.2) is 0 Å². The van der Waals surface area contributed by atoms with Crippen LogP contribution in [0.3, 0.4) is 0 Å². The van der Waals surface area contributed by atoms with E-state index in [1.54, 1.807) is 0 Å². The van der Waals surface area contributed by atoms with Crippen LogP contribution in [0.2, 0.25) is 0 Å². The minimum Gasteiger partial charge on any atom is -0.316 e. The van der Waals surface area contributed by atoms with Crippen molar-refractivity contribution in [1.82, 2.24) is 5.32 Å². The highest BCUT2D eigenvalue weighted by molar-refractivity contribution is 4.89. The first kappa shape index (κ1) is 15.8. The molecule has 1 fully saturated rings. The Morgan fingerprint density at radius 2 is 1.94 bits per heavy atom. The van der Waals surface area contributed by atoms with Gasteiger partial charge in [0.1, 0.15) is 0 Å². The standard InChI is InChI=1S/C17H33N/c1-6-8-14-12-16(17(3,4)5)10-9-15(14)13-18-11-7-2/h6,14-16,18H,1,7-13H2,2-5H3. The number of allylic oxidation sites excluding steroid dienone is 1. The van der Waals surface area contributed by atoms with Gasteiger partial charge in [0.15, 0.2) is 0 Å². The fraction of sp³-hybridized carbons (Fsp3) is 0.882. The van der Waals surface area contributed by atoms with Crippen LogP contribution in [0.4, 0.5) is 0 Å². The van der Waals surface area contributed by atoms with Gasteiger partial charge in [0.2, 0.25) is 0 Å². The van der Waals surface area contributed by atoms with Crippen LogP contribution in [-0.4, -0.2) is 13.1 Å². The molecule has 1 aliphatic carbocycles. The highest BCUT2D eigenvalue weighted by atomic mass is 14.9. The zero-order valence-corrected chi connectivity index (χ0v) is 13.0. The lowest BCUT2D eigenvalue weighted by molar-refractivity contribution is 0.0985. The van der Waals surface area contributed by atoms with Gasteiger partial charge in [-0.05, 0) is 68.4 Å². The number of rotatable bonds is 6. The molecule has 0 bridgehead atoms. The van der Waals surface area contributed by atoms with Crippen molar-refractivity contribution in [1.29, 1.82) is 0 Å². The smallest absolute Gasteiger partial charge is 0.00178 e. The molecule has 1 nitrogen and oxygen atoms in total. The highest BCUT2D eigenvalue weighted by Gasteiger charge is 2.34. The SMILES string of the molecule is C=CCC1CC(C(C)(C)C)CCC1CNCCC. The molecule has 0 heterocycles. The molecule has 3 unspecified atom stereocenters. The predicted octanol–water partition coefficient (Wildman–Crippen LogP) is 4.64. The van der Waals surface area contributed by atoms with Gasteiger partial charge in [0.05, 0.1) is 0 Å². The van der Waals surface area contributed by atoms with Crippen molar-refractivity contribution in [2.24, 2.45) is 23.2 Å². The third-order valence-corrected chi connectivity index (χ3v) is 4.67. The second-order valence-electron chi connectivity index (χ2n) is 7.12. The minimum atomic E-state index is 0.473. The molecule has 0 aliphatic heterocycles. The fourth-order valence-corrected chi connectivity index (χ4v) is 3.35. The van der Waals surface area contributed by atoms with Crippen molar-refractivity contribution in [2.45, 2.75) is 59.8 Å². The van der Waals surface area contributed by atoms with Crippen LogP contribution in [-0.2, 0) is 0 Å². The second-order valence-corrected chi connectivity index (χ2v) is 7.12. The van der Waals surface area contributed by atoms with Gasteiger partial charge in [-0.2, -0.15) is 0 Å². The zero-order chi connectivity index (χ0) is 13.6. The third-order valence-electron chi connectivity index (χ3n) is 4.67. The molecule has 1 rings (SSSR count). The summed E-state index contributed by atoms with van der Waals surface area (Å²) in [6.07, 6.45) is 8.78. The molecule has 0 aromatic carbocycles. The maximum atomic E-state index is 3.95. The van der Waals surface area contributed by atoms with Crippen LogP contribution in [0.5, 0.6) is 0 Å². The minimum absolute atomic E-state index is 0.473. The van der Waals surface area contributed by atoms with E-state index in [-0.39, 0.29) is 0 Å². The van der Waals surface area contributed by atoms with Crippen molar-refractivity contribution in [2.75, 3.05) is 13.1 Å². The maximum Gasteiger partial charge on any atom is -0.00178 e. The fourth-order valence-electron chi connectivity index (χ4n) is 3.35. The Kier molecular flexibility index (Phi) is 6.42. The largest absolute Gasteiger partial charge is 0.316 e. The van der Waals surface area contributed by atoms with Crippen LogP contribution in [0.25, 0.3) is 0 Å². The summed E-state index contributed by atoms with van der Waals surface area (Å²) in [6.45, 7) is 15.8. The van der Waals surface area contributed by atoms with Gasteiger partial charge in [-0.15, -0.1) is 6.58 Å². The van der Waals surface area contributed by atoms with E-state index < -0.39 is 0 Å². The van der Waals surface area contributed by atoms with E-state index >= 15 is 0 Å². The summed E-state index contributed by atoms with van der Waals surface area (Å²) in [5.41, 5.74) is 0.473. The summed E-state index contributed by atoms with van der Waals surface area (Å²) in [5, 5.41) is 3.61. The Labute approximate surface area is 114 Å². The summed E-state index contributed by atoms with van der Waals surface area (Å²) in [5.74, 6) is 2.61. The first-order valence-electron chi connectivity index (χ1n) is 7.80. The highest BCUT2D eigenvalue weighted by Crippen LogP contribution is 2.43. The van der Waals surface area contributed by atoms with Crippen molar-refractivity contribution >= 4 is 0 Å². The maximum absolute atomic E-state index is 3.95. The molecule has 18 heavy (non-hydrogen) atoms. The number of hydrogen-bond donors (Lipinski definition) is 1. The van der Waals surface area contributed by atoms with E-state index in [1.165, 1.54) is 45.2 Å².